The molecule has 28 heavy (non-hydrogen) atoms. The average Bonchev–Trinajstić information content (AvgIpc) is 3.04. The van der Waals surface area contributed by atoms with Gasteiger partial charge in [0.15, 0.2) is 0 Å². The smallest absolute Gasteiger partial charge is 0.355 e. The van der Waals surface area contributed by atoms with Crippen LogP contribution in [0.1, 0.15) is 57.5 Å². The van der Waals surface area contributed by atoms with Crippen LogP contribution in [0.3, 0.4) is 0 Å². The molecule has 0 radical (unpaired) electrons. The zero-order valence-electron chi connectivity index (χ0n) is 16.2. The third-order valence-corrected chi connectivity index (χ3v) is 4.57. The van der Waals surface area contributed by atoms with Crippen LogP contribution < -0.4 is 0 Å². The van der Waals surface area contributed by atoms with Crippen LogP contribution in [-0.2, 0) is 27.2 Å². The molecule has 0 fully saturated rings. The van der Waals surface area contributed by atoms with E-state index in [4.69, 9.17) is 14.2 Å². The minimum absolute atomic E-state index is 0.0351. The molecule has 0 spiro atoms. The van der Waals surface area contributed by atoms with Crippen LogP contribution in [0.25, 0.3) is 11.3 Å². The van der Waals surface area contributed by atoms with Gasteiger partial charge >= 0.3 is 17.9 Å². The maximum Gasteiger partial charge on any atom is 0.355 e. The first-order valence-corrected chi connectivity index (χ1v) is 9.41. The molecule has 148 valence electrons. The third kappa shape index (κ3) is 3.28. The molecule has 0 saturated heterocycles. The van der Waals surface area contributed by atoms with Crippen molar-refractivity contribution in [2.24, 2.45) is 0 Å². The predicted octanol–water partition coefficient (Wildman–Crippen LogP) is 3.24. The third-order valence-electron chi connectivity index (χ3n) is 4.57. The Morgan fingerprint density at radius 1 is 0.857 bits per heavy atom. The van der Waals surface area contributed by atoms with Crippen LogP contribution in [0, 0.1) is 0 Å². The number of aromatic nitrogens is 1. The van der Waals surface area contributed by atoms with Crippen molar-refractivity contribution in [1.82, 2.24) is 4.57 Å². The molecule has 2 heterocycles. The van der Waals surface area contributed by atoms with E-state index < -0.39 is 17.9 Å². The van der Waals surface area contributed by atoms with Crippen LogP contribution >= 0.6 is 0 Å². The van der Waals surface area contributed by atoms with Gasteiger partial charge in [0.1, 0.15) is 16.8 Å². The van der Waals surface area contributed by atoms with E-state index in [2.05, 4.69) is 0 Å². The molecule has 1 aliphatic rings. The van der Waals surface area contributed by atoms with E-state index in [-0.39, 0.29) is 36.6 Å². The lowest BCUT2D eigenvalue weighted by atomic mass is 9.95. The maximum atomic E-state index is 12.9. The van der Waals surface area contributed by atoms with E-state index >= 15 is 0 Å². The number of ether oxygens (including phenoxy) is 3. The standard InChI is InChI=1S/C21H23NO6/c1-4-26-19(23)15-16(20(24)27-5-2)18(21(25)28-6-3)22-12-11-13-9-7-8-10-14(13)17(15)22/h7-10H,4-6,11-12H2,1-3H3. The van der Waals surface area contributed by atoms with Crippen LogP contribution in [-0.4, -0.2) is 42.3 Å². The molecule has 1 aromatic heterocycles. The summed E-state index contributed by atoms with van der Waals surface area (Å²) in [7, 11) is 0. The van der Waals surface area contributed by atoms with Crippen molar-refractivity contribution in [1.29, 1.82) is 0 Å². The molecule has 0 N–H and O–H groups in total. The predicted molar refractivity (Wildman–Crippen MR) is 101 cm³/mol. The van der Waals surface area contributed by atoms with Crippen molar-refractivity contribution in [3.63, 3.8) is 0 Å². The molecule has 0 atom stereocenters. The zero-order chi connectivity index (χ0) is 20.3. The highest BCUT2D eigenvalue weighted by molar-refractivity contribution is 6.14. The zero-order valence-corrected chi connectivity index (χ0v) is 16.2. The first kappa shape index (κ1) is 19.7. The van der Waals surface area contributed by atoms with Gasteiger partial charge < -0.3 is 18.8 Å². The van der Waals surface area contributed by atoms with Gasteiger partial charge in [0.25, 0.3) is 0 Å². The molecule has 3 rings (SSSR count). The van der Waals surface area contributed by atoms with Gasteiger partial charge in [0.05, 0.1) is 25.5 Å². The summed E-state index contributed by atoms with van der Waals surface area (Å²) in [5.74, 6) is -2.07. The lowest BCUT2D eigenvalue weighted by Gasteiger charge is -2.21. The molecule has 1 aromatic carbocycles. The van der Waals surface area contributed by atoms with Crippen molar-refractivity contribution >= 4 is 17.9 Å². The molecule has 0 amide bonds. The van der Waals surface area contributed by atoms with Crippen molar-refractivity contribution in [3.8, 4) is 11.3 Å². The number of aryl methyl sites for hydroxylation is 1. The summed E-state index contributed by atoms with van der Waals surface area (Å²) >= 11 is 0. The summed E-state index contributed by atoms with van der Waals surface area (Å²) in [4.78, 5) is 38.4. The number of rotatable bonds is 6. The molecule has 0 unspecified atom stereocenters. The Morgan fingerprint density at radius 2 is 1.43 bits per heavy atom. The number of fused-ring (bicyclic) bond motifs is 3. The normalized spacial score (nSPS) is 12.0. The Bertz CT molecular complexity index is 927. The SMILES string of the molecule is CCOC(=O)c1c(C(=O)OCC)c2n(c1C(=O)OCC)CCc1ccccc1-2. The van der Waals surface area contributed by atoms with Crippen molar-refractivity contribution in [2.45, 2.75) is 33.7 Å². The number of nitrogens with zero attached hydrogens (tertiary/aromatic N) is 1. The second-order valence-corrected chi connectivity index (χ2v) is 6.17. The molecular weight excluding hydrogens is 362 g/mol. The Labute approximate surface area is 163 Å². The number of esters is 3. The molecule has 1 aliphatic heterocycles. The highest BCUT2D eigenvalue weighted by atomic mass is 16.5. The van der Waals surface area contributed by atoms with E-state index in [9.17, 15) is 14.4 Å². The first-order chi connectivity index (χ1) is 13.5. The molecular formula is C21H23NO6. The average molecular weight is 385 g/mol. The summed E-state index contributed by atoms with van der Waals surface area (Å²) in [6.07, 6.45) is 0.661. The van der Waals surface area contributed by atoms with E-state index in [1.54, 1.807) is 25.3 Å². The molecule has 7 nitrogen and oxygen atoms in total. The van der Waals surface area contributed by atoms with Gasteiger partial charge in [-0.3, -0.25) is 0 Å². The van der Waals surface area contributed by atoms with Gasteiger partial charge in [-0.15, -0.1) is 0 Å². The largest absolute Gasteiger partial charge is 0.462 e. The number of hydrogen-bond donors (Lipinski definition) is 0. The van der Waals surface area contributed by atoms with Gasteiger partial charge in [-0.1, -0.05) is 24.3 Å². The van der Waals surface area contributed by atoms with E-state index in [0.717, 1.165) is 11.1 Å². The fraction of sp³-hybridized carbons (Fsp3) is 0.381. The Kier molecular flexibility index (Phi) is 5.82. The lowest BCUT2D eigenvalue weighted by Crippen LogP contribution is -2.20. The first-order valence-electron chi connectivity index (χ1n) is 9.41. The van der Waals surface area contributed by atoms with E-state index in [1.165, 1.54) is 0 Å². The maximum absolute atomic E-state index is 12.9. The Morgan fingerprint density at radius 3 is 2.07 bits per heavy atom. The Hall–Kier alpha value is -3.09. The molecule has 0 bridgehead atoms. The number of carbonyl (C=O) groups is 3. The summed E-state index contributed by atoms with van der Waals surface area (Å²) in [5, 5.41) is 0. The second kappa shape index (κ2) is 8.29. The molecule has 0 saturated carbocycles. The van der Waals surface area contributed by atoms with Gasteiger partial charge in [0.2, 0.25) is 0 Å². The fourth-order valence-corrected chi connectivity index (χ4v) is 3.54. The van der Waals surface area contributed by atoms with E-state index in [1.807, 2.05) is 24.3 Å². The summed E-state index contributed by atoms with van der Waals surface area (Å²) in [5.41, 5.74) is 2.31. The monoisotopic (exact) mass is 385 g/mol. The van der Waals surface area contributed by atoms with Crippen LogP contribution in [0.2, 0.25) is 0 Å². The highest BCUT2D eigenvalue weighted by Gasteiger charge is 2.38. The van der Waals surface area contributed by atoms with Crippen LogP contribution in [0.5, 0.6) is 0 Å². The molecule has 2 aromatic rings. The molecule has 0 aliphatic carbocycles. The van der Waals surface area contributed by atoms with E-state index in [0.29, 0.717) is 18.7 Å². The molecule has 7 heteroatoms. The highest BCUT2D eigenvalue weighted by Crippen LogP contribution is 2.38. The summed E-state index contributed by atoms with van der Waals surface area (Å²) in [6.45, 7) is 5.87. The van der Waals surface area contributed by atoms with Crippen molar-refractivity contribution < 1.29 is 28.6 Å². The minimum atomic E-state index is -0.743. The lowest BCUT2D eigenvalue weighted by molar-refractivity contribution is 0.0458. The fourth-order valence-electron chi connectivity index (χ4n) is 3.54. The second-order valence-electron chi connectivity index (χ2n) is 6.17. The van der Waals surface area contributed by atoms with Gasteiger partial charge in [-0.25, -0.2) is 14.4 Å². The minimum Gasteiger partial charge on any atom is -0.462 e. The number of carbonyl (C=O) groups excluding carboxylic acids is 3. The van der Waals surface area contributed by atoms with Gasteiger partial charge in [0, 0.05) is 12.1 Å². The van der Waals surface area contributed by atoms with Gasteiger partial charge in [-0.2, -0.15) is 0 Å². The number of hydrogen-bond acceptors (Lipinski definition) is 6. The quantitative estimate of drug-likeness (QED) is 0.561. The van der Waals surface area contributed by atoms with Crippen LogP contribution in [0.15, 0.2) is 24.3 Å². The topological polar surface area (TPSA) is 83.8 Å². The Balaban J connectivity index is 2.36. The van der Waals surface area contributed by atoms with Crippen LogP contribution in [0.4, 0.5) is 0 Å². The van der Waals surface area contributed by atoms with Crippen molar-refractivity contribution in [3.05, 3.63) is 46.6 Å². The summed E-state index contributed by atoms with van der Waals surface area (Å²) < 4.78 is 17.2. The summed E-state index contributed by atoms with van der Waals surface area (Å²) in [6, 6.07) is 7.60. The van der Waals surface area contributed by atoms with Crippen molar-refractivity contribution in [2.75, 3.05) is 19.8 Å². The number of benzene rings is 1. The van der Waals surface area contributed by atoms with Gasteiger partial charge in [-0.05, 0) is 32.8 Å².